The fourth-order valence-electron chi connectivity index (χ4n) is 4.38. The summed E-state index contributed by atoms with van der Waals surface area (Å²) in [5, 5.41) is 20.4. The van der Waals surface area contributed by atoms with E-state index in [1.807, 2.05) is 0 Å². The van der Waals surface area contributed by atoms with Crippen LogP contribution in [0, 0.1) is 0 Å². The molecule has 0 saturated carbocycles. The predicted molar refractivity (Wildman–Crippen MR) is 149 cm³/mol. The predicted octanol–water partition coefficient (Wildman–Crippen LogP) is 8.28. The molecule has 0 bridgehead atoms. The molecule has 0 aliphatic carbocycles. The van der Waals surface area contributed by atoms with Gasteiger partial charge in [-0.2, -0.15) is 0 Å². The summed E-state index contributed by atoms with van der Waals surface area (Å²) in [6, 6.07) is 17.9. The van der Waals surface area contributed by atoms with Gasteiger partial charge in [-0.25, -0.2) is 9.59 Å². The van der Waals surface area contributed by atoms with Crippen molar-refractivity contribution < 1.29 is 29.3 Å². The molecule has 6 heteroatoms. The van der Waals surface area contributed by atoms with Gasteiger partial charge in [0.2, 0.25) is 0 Å². The number of carboxylic acids is 1. The van der Waals surface area contributed by atoms with Crippen molar-refractivity contribution >= 4 is 11.9 Å². The highest BCUT2D eigenvalue weighted by Gasteiger charge is 2.23. The van der Waals surface area contributed by atoms with Crippen LogP contribution in [0.3, 0.4) is 0 Å². The van der Waals surface area contributed by atoms with Crippen molar-refractivity contribution in [2.75, 3.05) is 6.61 Å². The van der Waals surface area contributed by atoms with Crippen LogP contribution in [0.5, 0.6) is 17.2 Å². The van der Waals surface area contributed by atoms with E-state index in [2.05, 4.69) is 6.92 Å². The molecule has 0 amide bonds. The lowest BCUT2D eigenvalue weighted by molar-refractivity contribution is 0.0691. The van der Waals surface area contributed by atoms with Crippen molar-refractivity contribution in [2.24, 2.45) is 0 Å². The summed E-state index contributed by atoms with van der Waals surface area (Å²) in [5.41, 5.74) is 0.341. The van der Waals surface area contributed by atoms with Gasteiger partial charge in [0.05, 0.1) is 12.2 Å². The molecule has 0 spiro atoms. The van der Waals surface area contributed by atoms with Gasteiger partial charge in [0.1, 0.15) is 22.8 Å². The second-order valence-corrected chi connectivity index (χ2v) is 9.45. The molecule has 0 saturated heterocycles. The lowest BCUT2D eigenvalue weighted by Crippen LogP contribution is -2.11. The number of ether oxygens (including phenoxy) is 2. The zero-order valence-electron chi connectivity index (χ0n) is 22.2. The number of benzene rings is 3. The fraction of sp³-hybridized carbons (Fsp3) is 0.375. The Morgan fingerprint density at radius 2 is 1.24 bits per heavy atom. The van der Waals surface area contributed by atoms with Crippen molar-refractivity contribution in [3.05, 3.63) is 77.9 Å². The Morgan fingerprint density at radius 1 is 0.684 bits per heavy atom. The van der Waals surface area contributed by atoms with E-state index in [1.54, 1.807) is 54.6 Å². The summed E-state index contributed by atoms with van der Waals surface area (Å²) in [4.78, 5) is 24.5. The van der Waals surface area contributed by atoms with Crippen molar-refractivity contribution in [2.45, 2.75) is 71.1 Å². The van der Waals surface area contributed by atoms with Crippen LogP contribution in [-0.4, -0.2) is 28.8 Å². The van der Waals surface area contributed by atoms with Gasteiger partial charge in [-0.3, -0.25) is 0 Å². The monoisotopic (exact) mass is 518 g/mol. The minimum absolute atomic E-state index is 0.0725. The number of phenols is 1. The Morgan fingerprint density at radius 3 is 1.84 bits per heavy atom. The Kier molecular flexibility index (Phi) is 11.7. The van der Waals surface area contributed by atoms with Gasteiger partial charge < -0.3 is 19.7 Å². The van der Waals surface area contributed by atoms with E-state index in [-0.39, 0.29) is 16.7 Å². The first-order chi connectivity index (χ1) is 18.5. The summed E-state index contributed by atoms with van der Waals surface area (Å²) in [7, 11) is 0. The van der Waals surface area contributed by atoms with Gasteiger partial charge in [-0.1, -0.05) is 95.0 Å². The van der Waals surface area contributed by atoms with E-state index in [4.69, 9.17) is 9.47 Å². The fourth-order valence-corrected chi connectivity index (χ4v) is 4.38. The number of phenolic OH excluding ortho intramolecular Hbond substituents is 1. The lowest BCUT2D eigenvalue weighted by Gasteiger charge is -2.13. The van der Waals surface area contributed by atoms with Crippen LogP contribution in [0.2, 0.25) is 0 Å². The van der Waals surface area contributed by atoms with Crippen molar-refractivity contribution in [3.8, 4) is 28.4 Å². The smallest absolute Gasteiger partial charge is 0.347 e. The van der Waals surface area contributed by atoms with E-state index in [0.717, 1.165) is 12.8 Å². The van der Waals surface area contributed by atoms with E-state index in [1.165, 1.54) is 63.5 Å². The van der Waals surface area contributed by atoms with Crippen molar-refractivity contribution in [3.63, 3.8) is 0 Å². The van der Waals surface area contributed by atoms with Gasteiger partial charge in [0, 0.05) is 5.56 Å². The van der Waals surface area contributed by atoms with E-state index in [0.29, 0.717) is 23.7 Å². The van der Waals surface area contributed by atoms with Crippen molar-refractivity contribution in [1.29, 1.82) is 0 Å². The topological polar surface area (TPSA) is 93.1 Å². The first kappa shape index (κ1) is 28.8. The molecule has 0 aliphatic rings. The summed E-state index contributed by atoms with van der Waals surface area (Å²) < 4.78 is 11.2. The second-order valence-electron chi connectivity index (χ2n) is 9.45. The first-order valence-electron chi connectivity index (χ1n) is 13.6. The standard InChI is InChI=1S/C32H38O6/c1-2-3-4-5-6-7-8-9-10-14-23-37-25-17-19-26(20-18-25)38-32(36)28-22-21-27(31(34)35)29(30(28)33)24-15-12-11-13-16-24/h11-13,15-22,33H,2-10,14,23H2,1H3,(H,34,35). The molecule has 0 atom stereocenters. The molecule has 202 valence electrons. The van der Waals surface area contributed by atoms with E-state index >= 15 is 0 Å². The molecule has 2 N–H and O–H groups in total. The molecule has 0 aliphatic heterocycles. The number of aromatic carboxylic acids is 1. The summed E-state index contributed by atoms with van der Waals surface area (Å²) in [5.74, 6) is -1.43. The Labute approximate surface area is 225 Å². The maximum Gasteiger partial charge on any atom is 0.347 e. The molecule has 3 aromatic carbocycles. The summed E-state index contributed by atoms with van der Waals surface area (Å²) >= 11 is 0. The minimum Gasteiger partial charge on any atom is -0.506 e. The molecule has 6 nitrogen and oxygen atoms in total. The third kappa shape index (κ3) is 8.65. The molecule has 0 fully saturated rings. The van der Waals surface area contributed by atoms with E-state index in [9.17, 15) is 19.8 Å². The number of rotatable bonds is 16. The molecule has 0 heterocycles. The van der Waals surface area contributed by atoms with Crippen molar-refractivity contribution in [1.82, 2.24) is 0 Å². The third-order valence-electron chi connectivity index (χ3n) is 6.49. The number of carboxylic acid groups (broad SMARTS) is 1. The summed E-state index contributed by atoms with van der Waals surface area (Å²) in [6.07, 6.45) is 12.7. The molecule has 38 heavy (non-hydrogen) atoms. The minimum atomic E-state index is -1.20. The van der Waals surface area contributed by atoms with Gasteiger partial charge in [-0.15, -0.1) is 0 Å². The highest BCUT2D eigenvalue weighted by atomic mass is 16.5. The van der Waals surface area contributed by atoms with Crippen LogP contribution in [-0.2, 0) is 0 Å². The number of unbranched alkanes of at least 4 members (excludes halogenated alkanes) is 9. The average Bonchev–Trinajstić information content (AvgIpc) is 2.92. The van der Waals surface area contributed by atoms with Gasteiger partial charge >= 0.3 is 11.9 Å². The molecule has 3 rings (SSSR count). The first-order valence-corrected chi connectivity index (χ1v) is 13.6. The Bertz CT molecular complexity index is 1150. The number of carbonyl (C=O) groups excluding carboxylic acids is 1. The highest BCUT2D eigenvalue weighted by molar-refractivity contribution is 6.03. The van der Waals surface area contributed by atoms with Gasteiger partial charge in [-0.05, 0) is 48.4 Å². The van der Waals surface area contributed by atoms with Crippen LogP contribution in [0.4, 0.5) is 0 Å². The van der Waals surface area contributed by atoms with Crippen LogP contribution in [0.25, 0.3) is 11.1 Å². The number of esters is 1. The van der Waals surface area contributed by atoms with Gasteiger partial charge in [0.25, 0.3) is 0 Å². The third-order valence-corrected chi connectivity index (χ3v) is 6.49. The molecular weight excluding hydrogens is 480 g/mol. The van der Waals surface area contributed by atoms with Gasteiger partial charge in [0.15, 0.2) is 0 Å². The normalized spacial score (nSPS) is 10.8. The zero-order chi connectivity index (χ0) is 27.2. The van der Waals surface area contributed by atoms with E-state index < -0.39 is 17.7 Å². The SMILES string of the molecule is CCCCCCCCCCCCOc1ccc(OC(=O)c2ccc(C(=O)O)c(-c3ccccc3)c2O)cc1. The largest absolute Gasteiger partial charge is 0.506 e. The molecule has 3 aromatic rings. The van der Waals surface area contributed by atoms with Crippen LogP contribution in [0.1, 0.15) is 91.8 Å². The lowest BCUT2D eigenvalue weighted by atomic mass is 9.95. The van der Waals surface area contributed by atoms with Crippen LogP contribution < -0.4 is 9.47 Å². The van der Waals surface area contributed by atoms with Crippen LogP contribution >= 0.6 is 0 Å². The Hall–Kier alpha value is -3.80. The highest BCUT2D eigenvalue weighted by Crippen LogP contribution is 2.36. The maximum absolute atomic E-state index is 12.8. The van der Waals surface area contributed by atoms with Crippen LogP contribution in [0.15, 0.2) is 66.7 Å². The zero-order valence-corrected chi connectivity index (χ0v) is 22.2. The number of carbonyl (C=O) groups is 2. The molecule has 0 aromatic heterocycles. The maximum atomic E-state index is 12.8. The number of aromatic hydroxyl groups is 1. The molecule has 0 unspecified atom stereocenters. The number of hydrogen-bond donors (Lipinski definition) is 2. The molecule has 0 radical (unpaired) electrons. The second kappa shape index (κ2) is 15.5. The summed E-state index contributed by atoms with van der Waals surface area (Å²) in [6.45, 7) is 2.88. The average molecular weight is 519 g/mol. The quantitative estimate of drug-likeness (QED) is 0.113. The number of hydrogen-bond acceptors (Lipinski definition) is 5. The molecular formula is C32H38O6. The Balaban J connectivity index is 1.48.